The molecule has 0 saturated carbocycles. The van der Waals surface area contributed by atoms with Crippen LogP contribution in [0.1, 0.15) is 5.56 Å². The number of hydrogen-bond acceptors (Lipinski definition) is 3. The van der Waals surface area contributed by atoms with Crippen LogP contribution in [0.25, 0.3) is 0 Å². The molecule has 4 nitrogen and oxygen atoms in total. The molecule has 0 fully saturated rings. The first-order valence-electron chi connectivity index (χ1n) is 3.69. The van der Waals surface area contributed by atoms with Crippen molar-refractivity contribution >= 4 is 21.7 Å². The Morgan fingerprint density at radius 3 is 2.57 bits per heavy atom. The van der Waals surface area contributed by atoms with Gasteiger partial charge in [0.15, 0.2) is 0 Å². The van der Waals surface area contributed by atoms with Crippen molar-refractivity contribution in [2.24, 2.45) is 0 Å². The first kappa shape index (κ1) is 11.3. The molecule has 0 atom stereocenters. The lowest BCUT2D eigenvalue weighted by atomic mass is 10.2. The number of hydrogen-bond donors (Lipinski definition) is 1. The summed E-state index contributed by atoms with van der Waals surface area (Å²) in [4.78, 5) is 0. The molecule has 0 aliphatic heterocycles. The average Bonchev–Trinajstić information content (AvgIpc) is 1.99. The zero-order chi connectivity index (χ0) is 10.8. The number of benzene rings is 1. The second-order valence-corrected chi connectivity index (χ2v) is 4.61. The van der Waals surface area contributed by atoms with Crippen molar-refractivity contribution in [1.29, 1.82) is 0 Å². The molecule has 1 aromatic rings. The highest BCUT2D eigenvalue weighted by Gasteiger charge is 2.08. The van der Waals surface area contributed by atoms with Gasteiger partial charge in [0.05, 0.1) is 7.11 Å². The Bertz CT molecular complexity index is 427. The number of methoxy groups -OCH3 is 1. The molecule has 1 aromatic carbocycles. The maximum atomic E-state index is 10.6. The van der Waals surface area contributed by atoms with E-state index in [-0.39, 0.29) is 0 Å². The van der Waals surface area contributed by atoms with Crippen LogP contribution in [0.15, 0.2) is 18.2 Å². The van der Waals surface area contributed by atoms with Gasteiger partial charge in [-0.1, -0.05) is 11.6 Å². The number of halogens is 1. The summed E-state index contributed by atoms with van der Waals surface area (Å²) in [6.45, 7) is 0. The van der Waals surface area contributed by atoms with Crippen molar-refractivity contribution in [3.05, 3.63) is 28.8 Å². The largest absolute Gasteiger partial charge is 0.497 e. The van der Waals surface area contributed by atoms with Gasteiger partial charge in [0.1, 0.15) is 11.5 Å². The van der Waals surface area contributed by atoms with Crippen LogP contribution in [0, 0.1) is 0 Å². The Kier molecular flexibility index (Phi) is 3.36. The lowest BCUT2D eigenvalue weighted by molar-refractivity contribution is 0.414. The molecule has 0 radical (unpaired) electrons. The molecule has 0 aliphatic rings. The lowest BCUT2D eigenvalue weighted by Gasteiger charge is -2.04. The van der Waals surface area contributed by atoms with E-state index in [9.17, 15) is 8.42 Å². The topological polar surface area (TPSA) is 63.6 Å². The average molecular weight is 237 g/mol. The molecule has 0 amide bonds. The number of ether oxygens (including phenoxy) is 1. The van der Waals surface area contributed by atoms with Crippen molar-refractivity contribution < 1.29 is 17.7 Å². The number of rotatable bonds is 3. The summed E-state index contributed by atoms with van der Waals surface area (Å²) < 4.78 is 34.7. The second-order valence-electron chi connectivity index (χ2n) is 2.73. The summed E-state index contributed by atoms with van der Waals surface area (Å²) in [6, 6.07) is 4.51. The summed E-state index contributed by atoms with van der Waals surface area (Å²) in [5.74, 6) is -0.0136. The zero-order valence-electron chi connectivity index (χ0n) is 7.40. The summed E-state index contributed by atoms with van der Waals surface area (Å²) >= 11 is 5.70. The van der Waals surface area contributed by atoms with Crippen LogP contribution >= 0.6 is 11.6 Å². The van der Waals surface area contributed by atoms with Crippen LogP contribution in [-0.4, -0.2) is 20.1 Å². The molecule has 1 N–H and O–H groups in total. The third kappa shape index (κ3) is 3.53. The minimum absolute atomic E-state index is 0.364. The van der Waals surface area contributed by atoms with Crippen molar-refractivity contribution in [1.82, 2.24) is 0 Å². The molecular formula is C8H9ClO4S. The molecule has 1 rings (SSSR count). The molecule has 0 spiro atoms. The molecule has 6 heteroatoms. The Morgan fingerprint density at radius 2 is 2.07 bits per heavy atom. The molecule has 0 heterocycles. The van der Waals surface area contributed by atoms with Gasteiger partial charge in [-0.15, -0.1) is 0 Å². The van der Waals surface area contributed by atoms with Gasteiger partial charge in [0, 0.05) is 5.02 Å². The van der Waals surface area contributed by atoms with E-state index in [0.717, 1.165) is 0 Å². The first-order chi connectivity index (χ1) is 6.40. The van der Waals surface area contributed by atoms with Gasteiger partial charge in [-0.25, -0.2) is 0 Å². The Balaban J connectivity index is 3.04. The van der Waals surface area contributed by atoms with Gasteiger partial charge < -0.3 is 4.74 Å². The first-order valence-corrected chi connectivity index (χ1v) is 5.68. The van der Waals surface area contributed by atoms with Crippen LogP contribution in [-0.2, 0) is 15.9 Å². The highest BCUT2D eigenvalue weighted by Crippen LogP contribution is 2.21. The van der Waals surface area contributed by atoms with Gasteiger partial charge in [-0.3, -0.25) is 4.55 Å². The van der Waals surface area contributed by atoms with E-state index < -0.39 is 15.9 Å². The highest BCUT2D eigenvalue weighted by atomic mass is 35.5. The fourth-order valence-electron chi connectivity index (χ4n) is 1.03. The van der Waals surface area contributed by atoms with Crippen molar-refractivity contribution in [2.45, 2.75) is 5.75 Å². The normalized spacial score (nSPS) is 11.4. The van der Waals surface area contributed by atoms with Gasteiger partial charge in [0.2, 0.25) is 0 Å². The Labute approximate surface area is 87.2 Å². The fraction of sp³-hybridized carbons (Fsp3) is 0.250. The fourth-order valence-corrected chi connectivity index (χ4v) is 1.87. The molecule has 78 valence electrons. The van der Waals surface area contributed by atoms with Gasteiger partial charge in [-0.2, -0.15) is 8.42 Å². The predicted molar refractivity (Wildman–Crippen MR) is 53.3 cm³/mol. The molecule has 14 heavy (non-hydrogen) atoms. The van der Waals surface area contributed by atoms with Crippen LogP contribution in [0.4, 0.5) is 0 Å². The second kappa shape index (κ2) is 4.16. The van der Waals surface area contributed by atoms with E-state index in [1.54, 1.807) is 6.07 Å². The van der Waals surface area contributed by atoms with E-state index in [1.165, 1.54) is 19.2 Å². The molecule has 0 aliphatic carbocycles. The van der Waals surface area contributed by atoms with Crippen LogP contribution < -0.4 is 4.74 Å². The summed E-state index contributed by atoms with van der Waals surface area (Å²) in [7, 11) is -2.59. The molecule has 0 aromatic heterocycles. The smallest absolute Gasteiger partial charge is 0.269 e. The summed E-state index contributed by atoms with van der Waals surface area (Å²) in [6.07, 6.45) is 0. The van der Waals surface area contributed by atoms with E-state index in [1.807, 2.05) is 0 Å². The molecule has 0 unspecified atom stereocenters. The minimum atomic E-state index is -4.03. The van der Waals surface area contributed by atoms with Crippen molar-refractivity contribution in [3.8, 4) is 5.75 Å². The van der Waals surface area contributed by atoms with Crippen LogP contribution in [0.3, 0.4) is 0 Å². The van der Waals surface area contributed by atoms with Crippen molar-refractivity contribution in [2.75, 3.05) is 7.11 Å². The van der Waals surface area contributed by atoms with E-state index >= 15 is 0 Å². The standard InChI is InChI=1S/C8H9ClO4S/c1-13-8-3-6(2-7(9)4-8)5-14(10,11)12/h2-4H,5H2,1H3,(H,10,11,12). The molecule has 0 bridgehead atoms. The van der Waals surface area contributed by atoms with Crippen LogP contribution in [0.2, 0.25) is 5.02 Å². The molecular weight excluding hydrogens is 228 g/mol. The monoisotopic (exact) mass is 236 g/mol. The lowest BCUT2D eigenvalue weighted by Crippen LogP contribution is -2.01. The van der Waals surface area contributed by atoms with E-state index in [0.29, 0.717) is 16.3 Å². The quantitative estimate of drug-likeness (QED) is 0.812. The molecule has 0 saturated heterocycles. The van der Waals surface area contributed by atoms with Gasteiger partial charge in [0.25, 0.3) is 10.1 Å². The Hall–Kier alpha value is -0.780. The van der Waals surface area contributed by atoms with Gasteiger partial charge in [-0.05, 0) is 23.8 Å². The van der Waals surface area contributed by atoms with E-state index in [4.69, 9.17) is 20.9 Å². The minimum Gasteiger partial charge on any atom is -0.497 e. The van der Waals surface area contributed by atoms with E-state index in [2.05, 4.69) is 0 Å². The third-order valence-electron chi connectivity index (χ3n) is 1.52. The SMILES string of the molecule is COc1cc(Cl)cc(CS(=O)(=O)O)c1. The predicted octanol–water partition coefficient (Wildman–Crippen LogP) is 1.74. The zero-order valence-corrected chi connectivity index (χ0v) is 8.97. The van der Waals surface area contributed by atoms with Crippen LogP contribution in [0.5, 0.6) is 5.75 Å². The summed E-state index contributed by atoms with van der Waals surface area (Å²) in [5, 5.41) is 0.364. The highest BCUT2D eigenvalue weighted by molar-refractivity contribution is 7.85. The van der Waals surface area contributed by atoms with Crippen molar-refractivity contribution in [3.63, 3.8) is 0 Å². The Morgan fingerprint density at radius 1 is 1.43 bits per heavy atom. The third-order valence-corrected chi connectivity index (χ3v) is 2.43. The van der Waals surface area contributed by atoms with Gasteiger partial charge >= 0.3 is 0 Å². The maximum absolute atomic E-state index is 10.6. The summed E-state index contributed by atoms with van der Waals surface area (Å²) in [5.41, 5.74) is 0.386. The maximum Gasteiger partial charge on any atom is 0.269 e.